The molecule has 0 saturated heterocycles. The Morgan fingerprint density at radius 2 is 1.83 bits per heavy atom. The predicted molar refractivity (Wildman–Crippen MR) is 88.8 cm³/mol. The first-order valence-corrected chi connectivity index (χ1v) is 7.49. The Morgan fingerprint density at radius 3 is 2.57 bits per heavy atom. The number of aromatic hydroxyl groups is 1. The topological polar surface area (TPSA) is 75.1 Å². The Balaban J connectivity index is 1.89. The van der Waals surface area contributed by atoms with Crippen LogP contribution < -0.4 is 5.32 Å². The van der Waals surface area contributed by atoms with Gasteiger partial charge in [-0.2, -0.15) is 0 Å². The number of fused-ring (bicyclic) bond motifs is 1. The Bertz CT molecular complexity index is 885. The SMILES string of the molecule is O=C(NCc1ccccc1)c1nnc2c(Cl)c(Cl)ccc2c1O. The lowest BCUT2D eigenvalue weighted by Crippen LogP contribution is -2.24. The number of rotatable bonds is 3. The Hall–Kier alpha value is -2.37. The van der Waals surface area contributed by atoms with Crippen molar-refractivity contribution in [2.75, 3.05) is 0 Å². The summed E-state index contributed by atoms with van der Waals surface area (Å²) in [6.45, 7) is 0.320. The van der Waals surface area contributed by atoms with Crippen LogP contribution in [0.3, 0.4) is 0 Å². The third-order valence-corrected chi connectivity index (χ3v) is 4.10. The first-order chi connectivity index (χ1) is 11.1. The molecule has 5 nitrogen and oxygen atoms in total. The van der Waals surface area contributed by atoms with E-state index in [9.17, 15) is 9.90 Å². The van der Waals surface area contributed by atoms with Crippen molar-refractivity contribution >= 4 is 40.0 Å². The van der Waals surface area contributed by atoms with Crippen LogP contribution in [0.1, 0.15) is 16.1 Å². The zero-order chi connectivity index (χ0) is 16.4. The van der Waals surface area contributed by atoms with Crippen LogP contribution in [0.4, 0.5) is 0 Å². The monoisotopic (exact) mass is 347 g/mol. The van der Waals surface area contributed by atoms with Crippen LogP contribution in [0.5, 0.6) is 5.75 Å². The van der Waals surface area contributed by atoms with E-state index in [-0.39, 0.29) is 22.0 Å². The summed E-state index contributed by atoms with van der Waals surface area (Å²) in [7, 11) is 0. The van der Waals surface area contributed by atoms with Crippen molar-refractivity contribution in [2.24, 2.45) is 0 Å². The number of nitrogens with zero attached hydrogens (tertiary/aromatic N) is 2. The maximum absolute atomic E-state index is 12.2. The van der Waals surface area contributed by atoms with Gasteiger partial charge in [0, 0.05) is 11.9 Å². The number of aromatic nitrogens is 2. The fraction of sp³-hybridized carbons (Fsp3) is 0.0625. The highest BCUT2D eigenvalue weighted by molar-refractivity contribution is 6.45. The normalized spacial score (nSPS) is 10.7. The van der Waals surface area contributed by atoms with E-state index in [0.29, 0.717) is 17.0 Å². The van der Waals surface area contributed by atoms with E-state index >= 15 is 0 Å². The molecule has 2 aromatic carbocycles. The highest BCUT2D eigenvalue weighted by Gasteiger charge is 2.18. The maximum atomic E-state index is 12.2. The fourth-order valence-electron chi connectivity index (χ4n) is 2.12. The van der Waals surface area contributed by atoms with Crippen LogP contribution in [-0.2, 0) is 6.54 Å². The number of carbonyl (C=O) groups excluding carboxylic acids is 1. The number of benzene rings is 2. The van der Waals surface area contributed by atoms with Crippen molar-refractivity contribution in [3.05, 3.63) is 63.8 Å². The maximum Gasteiger partial charge on any atom is 0.275 e. The van der Waals surface area contributed by atoms with E-state index in [0.717, 1.165) is 5.56 Å². The minimum Gasteiger partial charge on any atom is -0.505 e. The Kier molecular flexibility index (Phi) is 4.32. The van der Waals surface area contributed by atoms with Gasteiger partial charge in [-0.1, -0.05) is 53.5 Å². The van der Waals surface area contributed by atoms with E-state index in [1.54, 1.807) is 6.07 Å². The summed E-state index contributed by atoms with van der Waals surface area (Å²) in [4.78, 5) is 12.2. The second kappa shape index (κ2) is 6.40. The summed E-state index contributed by atoms with van der Waals surface area (Å²) in [5.41, 5.74) is 1.02. The predicted octanol–water partition coefficient (Wildman–Crippen LogP) is 3.57. The van der Waals surface area contributed by atoms with Crippen LogP contribution >= 0.6 is 23.2 Å². The van der Waals surface area contributed by atoms with Gasteiger partial charge in [0.15, 0.2) is 11.4 Å². The largest absolute Gasteiger partial charge is 0.505 e. The number of halogens is 2. The van der Waals surface area contributed by atoms with Crippen molar-refractivity contribution < 1.29 is 9.90 Å². The minimum atomic E-state index is -0.521. The molecule has 23 heavy (non-hydrogen) atoms. The molecule has 0 aliphatic rings. The Morgan fingerprint density at radius 1 is 1.09 bits per heavy atom. The van der Waals surface area contributed by atoms with Gasteiger partial charge in [0.1, 0.15) is 5.52 Å². The highest BCUT2D eigenvalue weighted by atomic mass is 35.5. The standard InChI is InChI=1S/C16H11Cl2N3O2/c17-11-7-6-10-13(12(11)18)20-21-14(15(10)22)16(23)19-8-9-4-2-1-3-5-9/h1-7H,8H2,(H,19,23)(H,20,22). The quantitative estimate of drug-likeness (QED) is 0.759. The molecule has 0 aliphatic carbocycles. The molecule has 1 amide bonds. The molecule has 7 heteroatoms. The molecule has 0 atom stereocenters. The molecule has 3 rings (SSSR count). The van der Waals surface area contributed by atoms with Gasteiger partial charge in [0.05, 0.1) is 10.0 Å². The summed E-state index contributed by atoms with van der Waals surface area (Å²) in [6.07, 6.45) is 0. The zero-order valence-corrected chi connectivity index (χ0v) is 13.3. The third kappa shape index (κ3) is 3.06. The lowest BCUT2D eigenvalue weighted by molar-refractivity contribution is 0.0942. The third-order valence-electron chi connectivity index (χ3n) is 3.31. The molecule has 1 aromatic heterocycles. The molecule has 0 saturated carbocycles. The average molecular weight is 348 g/mol. The summed E-state index contributed by atoms with van der Waals surface area (Å²) in [5, 5.41) is 21.4. The second-order valence-corrected chi connectivity index (χ2v) is 5.61. The van der Waals surface area contributed by atoms with Gasteiger partial charge in [0.2, 0.25) is 0 Å². The molecule has 0 bridgehead atoms. The van der Waals surface area contributed by atoms with Gasteiger partial charge in [-0.15, -0.1) is 10.2 Å². The molecule has 0 spiro atoms. The molecule has 0 radical (unpaired) electrons. The van der Waals surface area contributed by atoms with E-state index in [4.69, 9.17) is 23.2 Å². The fourth-order valence-corrected chi connectivity index (χ4v) is 2.47. The summed E-state index contributed by atoms with van der Waals surface area (Å²) >= 11 is 11.9. The molecule has 116 valence electrons. The van der Waals surface area contributed by atoms with Gasteiger partial charge in [-0.05, 0) is 17.7 Å². The van der Waals surface area contributed by atoms with Crippen molar-refractivity contribution in [3.8, 4) is 5.75 Å². The average Bonchev–Trinajstić information content (AvgIpc) is 2.57. The van der Waals surface area contributed by atoms with Crippen molar-refractivity contribution in [2.45, 2.75) is 6.54 Å². The molecule has 3 aromatic rings. The highest BCUT2D eigenvalue weighted by Crippen LogP contribution is 2.34. The summed E-state index contributed by atoms with van der Waals surface area (Å²) in [6, 6.07) is 12.5. The molecule has 0 fully saturated rings. The smallest absolute Gasteiger partial charge is 0.275 e. The molecule has 2 N–H and O–H groups in total. The molecular weight excluding hydrogens is 337 g/mol. The first kappa shape index (κ1) is 15.5. The molecular formula is C16H11Cl2N3O2. The van der Waals surface area contributed by atoms with Crippen molar-refractivity contribution in [3.63, 3.8) is 0 Å². The van der Waals surface area contributed by atoms with E-state index < -0.39 is 5.91 Å². The van der Waals surface area contributed by atoms with Crippen molar-refractivity contribution in [1.29, 1.82) is 0 Å². The van der Waals surface area contributed by atoms with Crippen molar-refractivity contribution in [1.82, 2.24) is 15.5 Å². The van der Waals surface area contributed by atoms with Gasteiger partial charge in [0.25, 0.3) is 5.91 Å². The second-order valence-electron chi connectivity index (χ2n) is 4.82. The molecule has 0 unspecified atom stereocenters. The minimum absolute atomic E-state index is 0.160. The van der Waals surface area contributed by atoms with Crippen LogP contribution in [0.15, 0.2) is 42.5 Å². The van der Waals surface area contributed by atoms with Gasteiger partial charge in [-0.25, -0.2) is 0 Å². The van der Waals surface area contributed by atoms with Gasteiger partial charge >= 0.3 is 0 Å². The van der Waals surface area contributed by atoms with Crippen LogP contribution in [-0.4, -0.2) is 21.2 Å². The number of amides is 1. The van der Waals surface area contributed by atoms with Gasteiger partial charge in [-0.3, -0.25) is 4.79 Å². The molecule has 0 aliphatic heterocycles. The van der Waals surface area contributed by atoms with Crippen LogP contribution in [0.25, 0.3) is 10.9 Å². The first-order valence-electron chi connectivity index (χ1n) is 6.73. The zero-order valence-electron chi connectivity index (χ0n) is 11.8. The van der Waals surface area contributed by atoms with Crippen LogP contribution in [0.2, 0.25) is 10.0 Å². The molecule has 1 heterocycles. The number of hydrogen-bond acceptors (Lipinski definition) is 4. The Labute approximate surface area is 141 Å². The van der Waals surface area contributed by atoms with E-state index in [1.165, 1.54) is 6.07 Å². The number of nitrogens with one attached hydrogen (secondary N) is 1. The number of hydrogen-bond donors (Lipinski definition) is 2. The van der Waals surface area contributed by atoms with Crippen LogP contribution in [0, 0.1) is 0 Å². The summed E-state index contributed by atoms with van der Waals surface area (Å²) < 4.78 is 0. The number of carbonyl (C=O) groups is 1. The summed E-state index contributed by atoms with van der Waals surface area (Å²) in [5.74, 6) is -0.800. The van der Waals surface area contributed by atoms with E-state index in [1.807, 2.05) is 30.3 Å². The van der Waals surface area contributed by atoms with Gasteiger partial charge < -0.3 is 10.4 Å². The van der Waals surface area contributed by atoms with E-state index in [2.05, 4.69) is 15.5 Å². The lowest BCUT2D eigenvalue weighted by Gasteiger charge is -2.08. The lowest BCUT2D eigenvalue weighted by atomic mass is 10.1.